The molecule has 100 valence electrons. The molecule has 1 atom stereocenters. The van der Waals surface area contributed by atoms with Crippen LogP contribution in [0.3, 0.4) is 0 Å². The van der Waals surface area contributed by atoms with E-state index in [1.54, 1.807) is 6.20 Å². The average molecular weight is 314 g/mol. The first kappa shape index (κ1) is 14.0. The van der Waals surface area contributed by atoms with Gasteiger partial charge in [-0.05, 0) is 66.1 Å². The first-order valence-electron chi connectivity index (χ1n) is 6.56. The predicted molar refractivity (Wildman–Crippen MR) is 74.4 cm³/mol. The number of hydrogen-bond acceptors (Lipinski definition) is 3. The largest absolute Gasteiger partial charge is 0.393 e. The highest BCUT2D eigenvalue weighted by Crippen LogP contribution is 2.34. The van der Waals surface area contributed by atoms with E-state index in [2.05, 4.69) is 20.9 Å². The third-order valence-electron chi connectivity index (χ3n) is 3.43. The number of rotatable bonds is 6. The van der Waals surface area contributed by atoms with Crippen molar-refractivity contribution in [3.05, 3.63) is 28.5 Å². The summed E-state index contributed by atoms with van der Waals surface area (Å²) in [5.74, 6) is 0.622. The van der Waals surface area contributed by atoms with E-state index < -0.39 is 0 Å². The number of aliphatic hydroxyl groups is 1. The van der Waals surface area contributed by atoms with Crippen LogP contribution in [-0.4, -0.2) is 28.9 Å². The Kier molecular flexibility index (Phi) is 5.15. The number of aromatic nitrogens is 1. The Morgan fingerprint density at radius 3 is 2.94 bits per heavy atom. The molecule has 1 aliphatic rings. The van der Waals surface area contributed by atoms with Crippen molar-refractivity contribution in [3.8, 4) is 0 Å². The van der Waals surface area contributed by atoms with E-state index in [-0.39, 0.29) is 6.10 Å². The Morgan fingerprint density at radius 2 is 2.28 bits per heavy atom. The van der Waals surface area contributed by atoms with E-state index in [1.165, 1.54) is 0 Å². The van der Waals surface area contributed by atoms with Gasteiger partial charge in [0.25, 0.3) is 0 Å². The molecule has 18 heavy (non-hydrogen) atoms. The van der Waals surface area contributed by atoms with E-state index in [0.29, 0.717) is 18.4 Å². The lowest BCUT2D eigenvalue weighted by Gasteiger charge is -2.36. The molecular formula is C14H20BrNO2. The van der Waals surface area contributed by atoms with Crippen LogP contribution in [0.5, 0.6) is 0 Å². The molecule has 1 aromatic heterocycles. The summed E-state index contributed by atoms with van der Waals surface area (Å²) in [5.41, 5.74) is 1.08. The van der Waals surface area contributed by atoms with Gasteiger partial charge in [0, 0.05) is 23.5 Å². The lowest BCUT2D eigenvalue weighted by Crippen LogP contribution is -2.34. The molecule has 0 aromatic carbocycles. The number of nitrogens with zero attached hydrogens (tertiary/aromatic N) is 1. The highest BCUT2D eigenvalue weighted by molar-refractivity contribution is 9.10. The summed E-state index contributed by atoms with van der Waals surface area (Å²) in [5, 5.41) is 10.1. The van der Waals surface area contributed by atoms with Crippen LogP contribution in [-0.2, 0) is 11.2 Å². The Morgan fingerprint density at radius 1 is 1.50 bits per heavy atom. The second kappa shape index (κ2) is 6.64. The van der Waals surface area contributed by atoms with Crippen molar-refractivity contribution in [1.29, 1.82) is 0 Å². The second-order valence-corrected chi connectivity index (χ2v) is 5.94. The molecule has 0 spiro atoms. The van der Waals surface area contributed by atoms with Gasteiger partial charge in [0.05, 0.1) is 12.2 Å². The summed E-state index contributed by atoms with van der Waals surface area (Å²) in [6.07, 6.45) is 7.49. The lowest BCUT2D eigenvalue weighted by atomic mass is 9.78. The van der Waals surface area contributed by atoms with E-state index in [9.17, 15) is 5.11 Å². The van der Waals surface area contributed by atoms with Crippen molar-refractivity contribution in [2.75, 3.05) is 6.61 Å². The van der Waals surface area contributed by atoms with Crippen LogP contribution in [0.4, 0.5) is 0 Å². The van der Waals surface area contributed by atoms with Crippen LogP contribution in [0.2, 0.25) is 0 Å². The fourth-order valence-electron chi connectivity index (χ4n) is 2.55. The van der Waals surface area contributed by atoms with E-state index in [0.717, 1.165) is 35.9 Å². The third kappa shape index (κ3) is 4.04. The molecule has 3 nitrogen and oxygen atoms in total. The highest BCUT2D eigenvalue weighted by atomic mass is 79.9. The van der Waals surface area contributed by atoms with Crippen LogP contribution in [0, 0.1) is 5.92 Å². The SMILES string of the molecule is CCOC1CC(CC(O)Cc2cncc(Br)c2)C1. The van der Waals surface area contributed by atoms with Gasteiger partial charge in [-0.15, -0.1) is 0 Å². The van der Waals surface area contributed by atoms with Crippen LogP contribution in [0.25, 0.3) is 0 Å². The fraction of sp³-hybridized carbons (Fsp3) is 0.643. The second-order valence-electron chi connectivity index (χ2n) is 5.02. The molecule has 1 aromatic rings. The summed E-state index contributed by atoms with van der Waals surface area (Å²) in [4.78, 5) is 4.11. The predicted octanol–water partition coefficient (Wildman–Crippen LogP) is 2.95. The van der Waals surface area contributed by atoms with Crippen molar-refractivity contribution in [2.24, 2.45) is 5.92 Å². The minimum Gasteiger partial charge on any atom is -0.393 e. The van der Waals surface area contributed by atoms with Gasteiger partial charge < -0.3 is 9.84 Å². The molecule has 1 N–H and O–H groups in total. The van der Waals surface area contributed by atoms with E-state index >= 15 is 0 Å². The zero-order valence-electron chi connectivity index (χ0n) is 10.7. The molecule has 1 unspecified atom stereocenters. The van der Waals surface area contributed by atoms with Crippen molar-refractivity contribution >= 4 is 15.9 Å². The smallest absolute Gasteiger partial charge is 0.0583 e. The molecule has 4 heteroatoms. The standard InChI is InChI=1S/C14H20BrNO2/c1-2-18-14-6-10(7-14)4-13(17)5-11-3-12(15)9-16-8-11/h3,8-10,13-14,17H,2,4-7H2,1H3. The number of hydrogen-bond donors (Lipinski definition) is 1. The van der Waals surface area contributed by atoms with Gasteiger partial charge in [-0.1, -0.05) is 0 Å². The molecule has 1 fully saturated rings. The van der Waals surface area contributed by atoms with Gasteiger partial charge in [-0.25, -0.2) is 0 Å². The summed E-state index contributed by atoms with van der Waals surface area (Å²) in [6, 6.07) is 2.01. The normalized spacial score (nSPS) is 24.6. The first-order chi connectivity index (χ1) is 8.67. The van der Waals surface area contributed by atoms with Crippen LogP contribution in [0.15, 0.2) is 22.9 Å². The van der Waals surface area contributed by atoms with Crippen LogP contribution < -0.4 is 0 Å². The zero-order chi connectivity index (χ0) is 13.0. The maximum atomic E-state index is 10.1. The minimum atomic E-state index is -0.270. The van der Waals surface area contributed by atoms with Gasteiger partial charge in [0.1, 0.15) is 0 Å². The average Bonchev–Trinajstić information content (AvgIpc) is 2.26. The third-order valence-corrected chi connectivity index (χ3v) is 3.87. The van der Waals surface area contributed by atoms with Gasteiger partial charge >= 0.3 is 0 Å². The molecule has 0 aliphatic heterocycles. The molecule has 2 rings (SSSR count). The molecule has 1 aliphatic carbocycles. The van der Waals surface area contributed by atoms with Crippen LogP contribution >= 0.6 is 15.9 Å². The Labute approximate surface area is 117 Å². The molecule has 0 amide bonds. The Balaban J connectivity index is 1.71. The summed E-state index contributed by atoms with van der Waals surface area (Å²) >= 11 is 3.39. The number of ether oxygens (including phenoxy) is 1. The summed E-state index contributed by atoms with van der Waals surface area (Å²) < 4.78 is 6.49. The molecule has 0 radical (unpaired) electrons. The van der Waals surface area contributed by atoms with Crippen molar-refractivity contribution in [3.63, 3.8) is 0 Å². The Hall–Kier alpha value is -0.450. The number of halogens is 1. The lowest BCUT2D eigenvalue weighted by molar-refractivity contribution is -0.0375. The fourth-order valence-corrected chi connectivity index (χ4v) is 2.96. The van der Waals surface area contributed by atoms with Gasteiger partial charge in [-0.2, -0.15) is 0 Å². The van der Waals surface area contributed by atoms with E-state index in [1.807, 2.05) is 19.2 Å². The van der Waals surface area contributed by atoms with Gasteiger partial charge in [-0.3, -0.25) is 4.98 Å². The molecular weight excluding hydrogens is 294 g/mol. The summed E-state index contributed by atoms with van der Waals surface area (Å²) in [7, 11) is 0. The molecule has 1 saturated carbocycles. The number of aliphatic hydroxyl groups excluding tert-OH is 1. The van der Waals surface area contributed by atoms with Crippen LogP contribution in [0.1, 0.15) is 31.7 Å². The maximum Gasteiger partial charge on any atom is 0.0583 e. The molecule has 0 bridgehead atoms. The monoisotopic (exact) mass is 313 g/mol. The minimum absolute atomic E-state index is 0.270. The molecule has 0 saturated heterocycles. The zero-order valence-corrected chi connectivity index (χ0v) is 12.3. The Bertz CT molecular complexity index is 380. The molecule has 1 heterocycles. The van der Waals surface area contributed by atoms with Crippen molar-refractivity contribution in [2.45, 2.75) is 44.8 Å². The van der Waals surface area contributed by atoms with Gasteiger partial charge in [0.15, 0.2) is 0 Å². The van der Waals surface area contributed by atoms with Crippen molar-refractivity contribution < 1.29 is 9.84 Å². The maximum absolute atomic E-state index is 10.1. The first-order valence-corrected chi connectivity index (χ1v) is 7.35. The van der Waals surface area contributed by atoms with Gasteiger partial charge in [0.2, 0.25) is 0 Å². The topological polar surface area (TPSA) is 42.4 Å². The van der Waals surface area contributed by atoms with E-state index in [4.69, 9.17) is 4.74 Å². The highest BCUT2D eigenvalue weighted by Gasteiger charge is 2.30. The quantitative estimate of drug-likeness (QED) is 0.878. The number of pyridine rings is 1. The summed E-state index contributed by atoms with van der Waals surface area (Å²) in [6.45, 7) is 2.83. The van der Waals surface area contributed by atoms with Crippen molar-refractivity contribution in [1.82, 2.24) is 4.98 Å².